The SMILES string of the molecule is C#C[C@@]1(OC(=O)c2ccccc2)[C@H](OC(=O)c2ccccc2)[C@@H](COC(=O)c2ccccc2)O[C@H]1n1cnc2c(Cl)nc(NC(c3ccccc3)(c3ccccc3)c3ccc(OC)cc3)nc21. The zero-order chi connectivity index (χ0) is 46.4. The second kappa shape index (κ2) is 19.0. The Morgan fingerprint density at radius 2 is 1.22 bits per heavy atom. The molecule has 9 rings (SSSR count). The molecule has 1 N–H and O–H groups in total. The van der Waals surface area contributed by atoms with Crippen LogP contribution in [-0.4, -0.2) is 69.0 Å². The van der Waals surface area contributed by atoms with Gasteiger partial charge in [-0.1, -0.05) is 139 Å². The van der Waals surface area contributed by atoms with Crippen molar-refractivity contribution in [2.75, 3.05) is 19.0 Å². The van der Waals surface area contributed by atoms with E-state index in [-0.39, 0.29) is 39.0 Å². The molecule has 14 heteroatoms. The van der Waals surface area contributed by atoms with Crippen LogP contribution in [0.25, 0.3) is 11.2 Å². The van der Waals surface area contributed by atoms with Gasteiger partial charge in [-0.15, -0.1) is 6.42 Å². The maximum Gasteiger partial charge on any atom is 0.339 e. The van der Waals surface area contributed by atoms with Crippen LogP contribution in [-0.2, 0) is 24.5 Å². The van der Waals surface area contributed by atoms with Crippen molar-refractivity contribution in [3.05, 3.63) is 221 Å². The molecule has 1 aliphatic heterocycles. The van der Waals surface area contributed by atoms with Gasteiger partial charge in [-0.05, 0) is 71.1 Å². The Morgan fingerprint density at radius 1 is 0.716 bits per heavy atom. The van der Waals surface area contributed by atoms with Gasteiger partial charge in [0.15, 0.2) is 23.1 Å². The van der Waals surface area contributed by atoms with Crippen molar-refractivity contribution in [3.8, 4) is 18.1 Å². The molecule has 6 aromatic carbocycles. The number of terminal acetylenes is 1. The highest BCUT2D eigenvalue weighted by Gasteiger charge is 2.63. The molecule has 1 saturated heterocycles. The van der Waals surface area contributed by atoms with Crippen LogP contribution in [0.5, 0.6) is 5.75 Å². The summed E-state index contributed by atoms with van der Waals surface area (Å²) in [7, 11) is 1.60. The van der Waals surface area contributed by atoms with Gasteiger partial charge in [0.25, 0.3) is 5.60 Å². The van der Waals surface area contributed by atoms with Crippen molar-refractivity contribution in [2.45, 2.75) is 29.6 Å². The Balaban J connectivity index is 1.20. The first kappa shape index (κ1) is 43.9. The predicted molar refractivity (Wildman–Crippen MR) is 249 cm³/mol. The highest BCUT2D eigenvalue weighted by molar-refractivity contribution is 6.33. The minimum absolute atomic E-state index is 0.0398. The Kier molecular flexibility index (Phi) is 12.5. The molecular weight excluding hydrogens is 870 g/mol. The molecule has 0 bridgehead atoms. The first-order chi connectivity index (χ1) is 32.7. The Hall–Kier alpha value is -8.31. The maximum absolute atomic E-state index is 14.2. The van der Waals surface area contributed by atoms with Crippen molar-refractivity contribution >= 4 is 46.6 Å². The topological polar surface area (TPSA) is 153 Å². The van der Waals surface area contributed by atoms with Crippen LogP contribution in [0.3, 0.4) is 0 Å². The van der Waals surface area contributed by atoms with E-state index in [9.17, 15) is 14.4 Å². The van der Waals surface area contributed by atoms with Crippen LogP contribution in [0.4, 0.5) is 5.95 Å². The number of nitrogens with zero attached hydrogens (tertiary/aromatic N) is 4. The summed E-state index contributed by atoms with van der Waals surface area (Å²) in [6.45, 7) is -0.489. The minimum Gasteiger partial charge on any atom is -0.497 e. The second-order valence-electron chi connectivity index (χ2n) is 15.4. The summed E-state index contributed by atoms with van der Waals surface area (Å²) < 4.78 is 32.0. The number of carbonyl (C=O) groups excluding carboxylic acids is 3. The van der Waals surface area contributed by atoms with Gasteiger partial charge in [-0.2, -0.15) is 9.97 Å². The number of ether oxygens (including phenoxy) is 5. The predicted octanol–water partition coefficient (Wildman–Crippen LogP) is 9.10. The van der Waals surface area contributed by atoms with Gasteiger partial charge in [0.05, 0.1) is 30.1 Å². The van der Waals surface area contributed by atoms with Crippen LogP contribution < -0.4 is 10.1 Å². The molecule has 8 aromatic rings. The monoisotopic (exact) mass is 909 g/mol. The number of hydrogen-bond acceptors (Lipinski definition) is 12. The molecule has 3 heterocycles. The minimum atomic E-state index is -2.26. The number of aromatic nitrogens is 4. The van der Waals surface area contributed by atoms with Gasteiger partial charge in [-0.25, -0.2) is 19.4 Å². The van der Waals surface area contributed by atoms with Crippen LogP contribution in [0.2, 0.25) is 5.15 Å². The lowest BCUT2D eigenvalue weighted by Crippen LogP contribution is -2.51. The summed E-state index contributed by atoms with van der Waals surface area (Å²) in [6.07, 6.45) is 3.41. The fraction of sp³-hybridized carbons (Fsp3) is 0.132. The fourth-order valence-corrected chi connectivity index (χ4v) is 8.39. The number of methoxy groups -OCH3 is 1. The summed E-state index contributed by atoms with van der Waals surface area (Å²) >= 11 is 7.02. The van der Waals surface area contributed by atoms with E-state index >= 15 is 0 Å². The first-order valence-corrected chi connectivity index (χ1v) is 21.5. The zero-order valence-corrected chi connectivity index (χ0v) is 36.5. The molecule has 1 fully saturated rings. The summed E-state index contributed by atoms with van der Waals surface area (Å²) in [5.41, 5.74) is -0.0724. The third-order valence-electron chi connectivity index (χ3n) is 11.4. The Morgan fingerprint density at radius 3 is 1.76 bits per heavy atom. The summed E-state index contributed by atoms with van der Waals surface area (Å²) in [4.78, 5) is 56.0. The number of benzene rings is 6. The van der Waals surface area contributed by atoms with Crippen LogP contribution in [0.15, 0.2) is 182 Å². The van der Waals surface area contributed by atoms with Crippen molar-refractivity contribution in [3.63, 3.8) is 0 Å². The molecular formula is C53H40ClN5O8. The molecule has 332 valence electrons. The average molecular weight is 910 g/mol. The number of halogens is 1. The van der Waals surface area contributed by atoms with Crippen LogP contribution in [0.1, 0.15) is 54.0 Å². The van der Waals surface area contributed by atoms with E-state index in [1.54, 1.807) is 98.1 Å². The summed E-state index contributed by atoms with van der Waals surface area (Å²) in [5, 5.41) is 3.60. The lowest BCUT2D eigenvalue weighted by atomic mass is 9.77. The quantitative estimate of drug-likeness (QED) is 0.0364. The van der Waals surface area contributed by atoms with Crippen molar-refractivity contribution < 1.29 is 38.1 Å². The molecule has 13 nitrogen and oxygen atoms in total. The Labute approximate surface area is 390 Å². The number of hydrogen-bond donors (Lipinski definition) is 1. The zero-order valence-electron chi connectivity index (χ0n) is 35.8. The lowest BCUT2D eigenvalue weighted by molar-refractivity contribution is -0.0865. The van der Waals surface area contributed by atoms with Gasteiger partial charge in [0.1, 0.15) is 29.5 Å². The number of nitrogens with one attached hydrogen (secondary N) is 1. The van der Waals surface area contributed by atoms with Crippen molar-refractivity contribution in [1.29, 1.82) is 0 Å². The van der Waals surface area contributed by atoms with E-state index in [0.717, 1.165) is 16.7 Å². The highest BCUT2D eigenvalue weighted by atomic mass is 35.5. The smallest absolute Gasteiger partial charge is 0.339 e. The molecule has 0 aliphatic carbocycles. The molecule has 0 amide bonds. The third kappa shape index (κ3) is 8.55. The fourth-order valence-electron chi connectivity index (χ4n) is 8.18. The summed E-state index contributed by atoms with van der Waals surface area (Å²) in [6, 6.07) is 51.9. The number of fused-ring (bicyclic) bond motifs is 1. The van der Waals surface area contributed by atoms with Gasteiger partial charge in [0.2, 0.25) is 5.95 Å². The number of carbonyl (C=O) groups is 3. The molecule has 2 aromatic heterocycles. The highest BCUT2D eigenvalue weighted by Crippen LogP contribution is 2.46. The number of rotatable bonds is 14. The molecule has 1 aliphatic rings. The molecule has 0 saturated carbocycles. The van der Waals surface area contributed by atoms with Gasteiger partial charge >= 0.3 is 17.9 Å². The van der Waals surface area contributed by atoms with E-state index in [0.29, 0.717) is 5.75 Å². The van der Waals surface area contributed by atoms with E-state index < -0.39 is 54.1 Å². The number of imidazole rings is 1. The van der Waals surface area contributed by atoms with E-state index in [1.165, 1.54) is 10.9 Å². The van der Waals surface area contributed by atoms with E-state index in [2.05, 4.69) is 16.2 Å². The molecule has 4 atom stereocenters. The maximum atomic E-state index is 14.2. The van der Waals surface area contributed by atoms with Crippen molar-refractivity contribution in [1.82, 2.24) is 19.5 Å². The van der Waals surface area contributed by atoms with Crippen molar-refractivity contribution in [2.24, 2.45) is 0 Å². The van der Waals surface area contributed by atoms with E-state index in [1.807, 2.05) is 84.9 Å². The normalized spacial score (nSPS) is 17.8. The number of anilines is 1. The van der Waals surface area contributed by atoms with Crippen LogP contribution in [0, 0.1) is 12.3 Å². The third-order valence-corrected chi connectivity index (χ3v) is 11.7. The molecule has 0 unspecified atom stereocenters. The van der Waals surface area contributed by atoms with Crippen LogP contribution >= 0.6 is 11.6 Å². The standard InChI is InChI=1S/C53H40ClN5O8/c1-3-52(67-49(62)37-23-13-6-14-24-37)44(66-48(61)36-21-11-5-12-22-36)42(33-64-47(60)35-19-9-4-10-20-35)65-50(52)59-34-55-43-45(54)56-51(57-46(43)59)58-53(38-25-15-7-16-26-38,39-27-17-8-18-28-39)40-29-31-41(63-2)32-30-40/h1,4-32,34,42,44,50H,33H2,2H3,(H,56,57,58)/t42-,44-,50-,52-/m1/s1. The van der Waals surface area contributed by atoms with E-state index in [4.69, 9.17) is 51.7 Å². The second-order valence-corrected chi connectivity index (χ2v) is 15.7. The molecule has 0 radical (unpaired) electrons. The van der Waals surface area contributed by atoms with Gasteiger partial charge in [0, 0.05) is 0 Å². The summed E-state index contributed by atoms with van der Waals surface area (Å²) in [5.74, 6) is 1.01. The molecule has 67 heavy (non-hydrogen) atoms. The number of esters is 3. The largest absolute Gasteiger partial charge is 0.497 e. The molecule has 0 spiro atoms. The van der Waals surface area contributed by atoms with Gasteiger partial charge in [-0.3, -0.25) is 4.57 Å². The van der Waals surface area contributed by atoms with Gasteiger partial charge < -0.3 is 29.0 Å². The first-order valence-electron chi connectivity index (χ1n) is 21.1. The Bertz CT molecular complexity index is 3020. The lowest BCUT2D eigenvalue weighted by Gasteiger charge is -2.37. The average Bonchev–Trinajstić information content (AvgIpc) is 3.94.